The lowest BCUT2D eigenvalue weighted by molar-refractivity contribution is 0.517. The van der Waals surface area contributed by atoms with Crippen molar-refractivity contribution in [1.29, 1.82) is 0 Å². The highest BCUT2D eigenvalue weighted by molar-refractivity contribution is 5.92. The Morgan fingerprint density at radius 1 is 0.778 bits per heavy atom. The second-order valence-electron chi connectivity index (χ2n) is 5.97. The minimum absolute atomic E-state index is 0.731. The summed E-state index contributed by atoms with van der Waals surface area (Å²) in [4.78, 5) is 0. The fraction of sp³-hybridized carbons (Fsp3) is 0.333. The number of hydrogen-bond acceptors (Lipinski definition) is 0. The Morgan fingerprint density at radius 3 is 1.78 bits per heavy atom. The van der Waals surface area contributed by atoms with E-state index < -0.39 is 0 Å². The maximum Gasteiger partial charge on any atom is -0.00463 e. The lowest BCUT2D eigenvalue weighted by atomic mass is 9.75. The van der Waals surface area contributed by atoms with Crippen LogP contribution in [0.4, 0.5) is 0 Å². The molecule has 0 aromatic heterocycles. The van der Waals surface area contributed by atoms with Gasteiger partial charge in [0.05, 0.1) is 0 Å². The van der Waals surface area contributed by atoms with Crippen LogP contribution in [0.5, 0.6) is 0 Å². The van der Waals surface area contributed by atoms with E-state index in [1.165, 1.54) is 18.2 Å². The fourth-order valence-electron chi connectivity index (χ4n) is 3.96. The maximum absolute atomic E-state index is 2.35. The first-order chi connectivity index (χ1) is 8.75. The first kappa shape index (κ1) is 10.4. The van der Waals surface area contributed by atoms with Crippen molar-refractivity contribution >= 4 is 10.8 Å². The molecule has 2 aliphatic carbocycles. The molecule has 0 amide bonds. The highest BCUT2D eigenvalue weighted by Crippen LogP contribution is 2.54. The van der Waals surface area contributed by atoms with Crippen LogP contribution in [0.15, 0.2) is 47.5 Å². The van der Waals surface area contributed by atoms with Gasteiger partial charge >= 0.3 is 0 Å². The van der Waals surface area contributed by atoms with Gasteiger partial charge in [-0.15, -0.1) is 0 Å². The summed E-state index contributed by atoms with van der Waals surface area (Å²) < 4.78 is 0. The predicted molar refractivity (Wildman–Crippen MR) is 77.0 cm³/mol. The highest BCUT2D eigenvalue weighted by atomic mass is 14.4. The van der Waals surface area contributed by atoms with Crippen LogP contribution in [-0.4, -0.2) is 0 Å². The molecule has 0 bridgehead atoms. The molecule has 0 nitrogen and oxygen atoms in total. The quantitative estimate of drug-likeness (QED) is 0.553. The lowest BCUT2D eigenvalue weighted by Gasteiger charge is -2.29. The molecule has 90 valence electrons. The molecule has 18 heavy (non-hydrogen) atoms. The summed E-state index contributed by atoms with van der Waals surface area (Å²) in [6.45, 7) is 4.63. The number of fused-ring (bicyclic) bond motifs is 3. The Hall–Kier alpha value is -1.56. The Balaban J connectivity index is 2.00. The molecule has 0 heterocycles. The standard InChI is InChI=1S/C18H18/c1-11-9-16-14-7-3-5-13-6-4-8-15(18(13)14)17(16)10-12(11)2/h3-8,16-17H,9-10H2,1-2H3. The first-order valence-electron chi connectivity index (χ1n) is 6.92. The van der Waals surface area contributed by atoms with Gasteiger partial charge in [0.25, 0.3) is 0 Å². The number of rotatable bonds is 0. The largest absolute Gasteiger partial charge is 0.0737 e. The van der Waals surface area contributed by atoms with Gasteiger partial charge < -0.3 is 0 Å². The predicted octanol–water partition coefficient (Wildman–Crippen LogP) is 5.15. The molecule has 2 unspecified atom stereocenters. The second kappa shape index (κ2) is 3.47. The van der Waals surface area contributed by atoms with E-state index in [0.29, 0.717) is 0 Å². The molecule has 2 atom stereocenters. The minimum Gasteiger partial charge on any atom is -0.0737 e. The summed E-state index contributed by atoms with van der Waals surface area (Å²) in [7, 11) is 0. The summed E-state index contributed by atoms with van der Waals surface area (Å²) in [5.41, 5.74) is 6.42. The average Bonchev–Trinajstić information content (AvgIpc) is 2.68. The second-order valence-corrected chi connectivity index (χ2v) is 5.97. The van der Waals surface area contributed by atoms with Gasteiger partial charge in [-0.25, -0.2) is 0 Å². The van der Waals surface area contributed by atoms with Crippen molar-refractivity contribution in [3.05, 3.63) is 58.7 Å². The van der Waals surface area contributed by atoms with Crippen LogP contribution in [0.3, 0.4) is 0 Å². The van der Waals surface area contributed by atoms with E-state index in [4.69, 9.17) is 0 Å². The van der Waals surface area contributed by atoms with Gasteiger partial charge in [0.15, 0.2) is 0 Å². The van der Waals surface area contributed by atoms with Crippen LogP contribution in [0.25, 0.3) is 10.8 Å². The van der Waals surface area contributed by atoms with Crippen molar-refractivity contribution in [1.82, 2.24) is 0 Å². The van der Waals surface area contributed by atoms with E-state index in [1.807, 2.05) is 0 Å². The maximum atomic E-state index is 2.35. The molecule has 0 heteroatoms. The third-order valence-corrected chi connectivity index (χ3v) is 5.03. The molecule has 0 N–H and O–H groups in total. The molecule has 0 radical (unpaired) electrons. The van der Waals surface area contributed by atoms with Crippen molar-refractivity contribution in [2.24, 2.45) is 0 Å². The van der Waals surface area contributed by atoms with E-state index >= 15 is 0 Å². The van der Waals surface area contributed by atoms with E-state index in [1.54, 1.807) is 27.7 Å². The molecular formula is C18H18. The molecule has 2 aliphatic rings. The van der Waals surface area contributed by atoms with E-state index in [0.717, 1.165) is 11.8 Å². The third kappa shape index (κ3) is 1.21. The smallest absolute Gasteiger partial charge is 0.00463 e. The van der Waals surface area contributed by atoms with E-state index in [9.17, 15) is 0 Å². The van der Waals surface area contributed by atoms with Crippen LogP contribution in [-0.2, 0) is 0 Å². The number of benzene rings is 2. The molecule has 0 saturated carbocycles. The summed E-state index contributed by atoms with van der Waals surface area (Å²) in [5, 5.41) is 2.98. The van der Waals surface area contributed by atoms with Crippen molar-refractivity contribution in [2.75, 3.05) is 0 Å². The van der Waals surface area contributed by atoms with Crippen LogP contribution in [0, 0.1) is 0 Å². The zero-order valence-electron chi connectivity index (χ0n) is 11.0. The molecule has 0 fully saturated rings. The van der Waals surface area contributed by atoms with Gasteiger partial charge in [-0.2, -0.15) is 0 Å². The molecule has 2 aromatic rings. The van der Waals surface area contributed by atoms with E-state index in [2.05, 4.69) is 50.2 Å². The Labute approximate surface area is 108 Å². The monoisotopic (exact) mass is 234 g/mol. The minimum atomic E-state index is 0.731. The SMILES string of the molecule is CC1=C(C)CC2c3cccc4cccc(c34)C2C1. The average molecular weight is 234 g/mol. The fourth-order valence-corrected chi connectivity index (χ4v) is 3.96. The van der Waals surface area contributed by atoms with Crippen molar-refractivity contribution in [3.63, 3.8) is 0 Å². The lowest BCUT2D eigenvalue weighted by Crippen LogP contribution is -2.12. The molecule has 2 aromatic carbocycles. The van der Waals surface area contributed by atoms with Gasteiger partial charge in [0.2, 0.25) is 0 Å². The normalized spacial score (nSPS) is 25.7. The van der Waals surface area contributed by atoms with Crippen molar-refractivity contribution < 1.29 is 0 Å². The Kier molecular flexibility index (Phi) is 2.00. The van der Waals surface area contributed by atoms with Gasteiger partial charge in [0.1, 0.15) is 0 Å². The summed E-state index contributed by atoms with van der Waals surface area (Å²) >= 11 is 0. The highest BCUT2D eigenvalue weighted by Gasteiger charge is 2.36. The molecular weight excluding hydrogens is 216 g/mol. The van der Waals surface area contributed by atoms with Gasteiger partial charge in [-0.1, -0.05) is 47.5 Å². The topological polar surface area (TPSA) is 0 Å². The number of hydrogen-bond donors (Lipinski definition) is 0. The number of allylic oxidation sites excluding steroid dienone is 2. The van der Waals surface area contributed by atoms with Crippen LogP contribution >= 0.6 is 0 Å². The van der Waals surface area contributed by atoms with Crippen LogP contribution in [0.2, 0.25) is 0 Å². The molecule has 4 rings (SSSR count). The van der Waals surface area contributed by atoms with Crippen LogP contribution in [0.1, 0.15) is 49.7 Å². The molecule has 0 spiro atoms. The Morgan fingerprint density at radius 2 is 1.28 bits per heavy atom. The molecule has 0 saturated heterocycles. The first-order valence-corrected chi connectivity index (χ1v) is 6.92. The summed E-state index contributed by atoms with van der Waals surface area (Å²) in [5.74, 6) is 1.46. The van der Waals surface area contributed by atoms with Crippen molar-refractivity contribution in [2.45, 2.75) is 38.5 Å². The van der Waals surface area contributed by atoms with Gasteiger partial charge in [-0.05, 0) is 60.4 Å². The summed E-state index contributed by atoms with van der Waals surface area (Å²) in [6, 6.07) is 13.7. The molecule has 0 aliphatic heterocycles. The zero-order valence-corrected chi connectivity index (χ0v) is 11.0. The Bertz CT molecular complexity index is 621. The van der Waals surface area contributed by atoms with E-state index in [-0.39, 0.29) is 0 Å². The summed E-state index contributed by atoms with van der Waals surface area (Å²) in [6.07, 6.45) is 2.51. The van der Waals surface area contributed by atoms with Gasteiger partial charge in [0, 0.05) is 0 Å². The van der Waals surface area contributed by atoms with Crippen LogP contribution < -0.4 is 0 Å². The van der Waals surface area contributed by atoms with Gasteiger partial charge in [-0.3, -0.25) is 0 Å². The third-order valence-electron chi connectivity index (χ3n) is 5.03. The van der Waals surface area contributed by atoms with Crippen molar-refractivity contribution in [3.8, 4) is 0 Å². The zero-order chi connectivity index (χ0) is 12.3.